The van der Waals surface area contributed by atoms with Crippen LogP contribution in [0.4, 0.5) is 0 Å². The summed E-state index contributed by atoms with van der Waals surface area (Å²) in [7, 11) is 4.30. The molecule has 0 heterocycles. The van der Waals surface area contributed by atoms with Crippen molar-refractivity contribution in [1.29, 1.82) is 0 Å². The second-order valence-corrected chi connectivity index (χ2v) is 13.9. The molecular weight excluding hydrogens is 560 g/mol. The van der Waals surface area contributed by atoms with Crippen LogP contribution >= 0.6 is 0 Å². The van der Waals surface area contributed by atoms with Gasteiger partial charge in [-0.3, -0.25) is 0 Å². The largest absolute Gasteiger partial charge is 0.309 e. The lowest BCUT2D eigenvalue weighted by atomic mass is 10.0. The molecule has 0 amide bonds. The van der Waals surface area contributed by atoms with E-state index in [1.165, 1.54) is 161 Å². The Morgan fingerprint density at radius 2 is 0.848 bits per heavy atom. The molecule has 3 heteroatoms. The highest BCUT2D eigenvalue weighted by Gasteiger charge is 2.08. The first-order valence-electron chi connectivity index (χ1n) is 20.3. The number of hydrogen-bond donors (Lipinski definition) is 1. The fraction of sp³-hybridized carbons (Fsp3) is 0.814. The zero-order valence-electron chi connectivity index (χ0n) is 31.8. The van der Waals surface area contributed by atoms with E-state index in [0.29, 0.717) is 6.04 Å². The second-order valence-electron chi connectivity index (χ2n) is 13.9. The van der Waals surface area contributed by atoms with E-state index >= 15 is 0 Å². The minimum Gasteiger partial charge on any atom is -0.309 e. The van der Waals surface area contributed by atoms with Crippen LogP contribution in [-0.4, -0.2) is 38.2 Å². The summed E-state index contributed by atoms with van der Waals surface area (Å²) >= 11 is 0. The monoisotopic (exact) mass is 643 g/mol. The maximum Gasteiger partial charge on any atom is 0.0682 e. The molecule has 0 aromatic heterocycles. The van der Waals surface area contributed by atoms with Crippen molar-refractivity contribution in [2.45, 2.75) is 200 Å². The molecule has 0 saturated carbocycles. The summed E-state index contributed by atoms with van der Waals surface area (Å²) in [5, 5.41) is 0. The number of nitrogens with one attached hydrogen (secondary N) is 1. The van der Waals surface area contributed by atoms with Gasteiger partial charge in [-0.15, -0.1) is 0 Å². The van der Waals surface area contributed by atoms with Crippen molar-refractivity contribution in [3.05, 3.63) is 48.6 Å². The van der Waals surface area contributed by atoms with Crippen LogP contribution in [-0.2, 0) is 4.84 Å². The van der Waals surface area contributed by atoms with Crippen molar-refractivity contribution in [3.63, 3.8) is 0 Å². The predicted molar refractivity (Wildman–Crippen MR) is 209 cm³/mol. The third-order valence-corrected chi connectivity index (χ3v) is 8.86. The minimum atomic E-state index is 0.519. The summed E-state index contributed by atoms with van der Waals surface area (Å²) in [5.41, 5.74) is 3.47. The van der Waals surface area contributed by atoms with E-state index in [9.17, 15) is 0 Å². The third kappa shape index (κ3) is 39.0. The Bertz CT molecular complexity index is 632. The molecule has 0 aliphatic heterocycles. The predicted octanol–water partition coefficient (Wildman–Crippen LogP) is 13.6. The molecule has 0 unspecified atom stereocenters. The average Bonchev–Trinajstić information content (AvgIpc) is 3.05. The lowest BCUT2D eigenvalue weighted by molar-refractivity contribution is 0.00830. The first-order chi connectivity index (χ1) is 22.7. The highest BCUT2D eigenvalue weighted by atomic mass is 16.6. The molecule has 0 rings (SSSR count). The first-order valence-corrected chi connectivity index (χ1v) is 20.3. The van der Waals surface area contributed by atoms with E-state index in [1.54, 1.807) is 0 Å². The summed E-state index contributed by atoms with van der Waals surface area (Å²) in [5.74, 6) is 0. The number of rotatable bonds is 37. The minimum absolute atomic E-state index is 0.519. The Labute approximate surface area is 290 Å². The van der Waals surface area contributed by atoms with E-state index in [-0.39, 0.29) is 0 Å². The molecule has 0 atom stereocenters. The Morgan fingerprint density at radius 1 is 0.457 bits per heavy atom. The maximum atomic E-state index is 5.95. The summed E-state index contributed by atoms with van der Waals surface area (Å²) < 4.78 is 0. The molecule has 46 heavy (non-hydrogen) atoms. The Kier molecular flexibility index (Phi) is 39.0. The lowest BCUT2D eigenvalue weighted by Gasteiger charge is -2.19. The van der Waals surface area contributed by atoms with Gasteiger partial charge in [-0.2, -0.15) is 5.48 Å². The molecule has 0 radical (unpaired) electrons. The molecule has 0 saturated heterocycles. The number of hydrogen-bond acceptors (Lipinski definition) is 3. The molecule has 3 nitrogen and oxygen atoms in total. The Hall–Kier alpha value is -1.16. The normalized spacial score (nSPS) is 12.6. The molecule has 270 valence electrons. The number of nitrogens with zero attached hydrogens (tertiary/aromatic N) is 1. The number of allylic oxidation sites excluding steroid dienone is 8. The Balaban J connectivity index is 3.93. The number of unbranched alkanes of at least 4 members (excludes halogenated alkanes) is 19. The number of hydroxylamine groups is 1. The Morgan fingerprint density at radius 3 is 1.26 bits per heavy atom. The summed E-state index contributed by atoms with van der Waals surface area (Å²) in [6.07, 6.45) is 55.3. The summed E-state index contributed by atoms with van der Waals surface area (Å²) in [4.78, 5) is 8.20. The van der Waals surface area contributed by atoms with Crippen LogP contribution in [0.5, 0.6) is 0 Å². The maximum absolute atomic E-state index is 5.95. The molecule has 1 N–H and O–H groups in total. The topological polar surface area (TPSA) is 24.5 Å². The molecule has 0 spiro atoms. The molecule has 0 aromatic carbocycles. The van der Waals surface area contributed by atoms with Gasteiger partial charge in [0.25, 0.3) is 0 Å². The van der Waals surface area contributed by atoms with Crippen LogP contribution in [0.25, 0.3) is 0 Å². The fourth-order valence-corrected chi connectivity index (χ4v) is 5.80. The van der Waals surface area contributed by atoms with Gasteiger partial charge in [0.05, 0.1) is 6.61 Å². The van der Waals surface area contributed by atoms with Crippen molar-refractivity contribution < 1.29 is 4.84 Å². The zero-order valence-corrected chi connectivity index (χ0v) is 31.8. The van der Waals surface area contributed by atoms with Crippen LogP contribution in [0.2, 0.25) is 0 Å². The fourth-order valence-electron chi connectivity index (χ4n) is 5.80. The van der Waals surface area contributed by atoms with Crippen LogP contribution in [0.1, 0.15) is 194 Å². The molecular formula is C43H82N2O. The highest BCUT2D eigenvalue weighted by Crippen LogP contribution is 2.16. The van der Waals surface area contributed by atoms with Crippen molar-refractivity contribution >= 4 is 0 Å². The molecule has 0 aromatic rings. The van der Waals surface area contributed by atoms with Gasteiger partial charge in [-0.05, 0) is 111 Å². The average molecular weight is 643 g/mol. The van der Waals surface area contributed by atoms with Crippen LogP contribution < -0.4 is 5.48 Å². The van der Waals surface area contributed by atoms with E-state index in [0.717, 1.165) is 32.4 Å². The van der Waals surface area contributed by atoms with Gasteiger partial charge in [0, 0.05) is 6.04 Å². The molecule has 0 fully saturated rings. The van der Waals surface area contributed by atoms with E-state index in [1.807, 2.05) is 0 Å². The lowest BCUT2D eigenvalue weighted by Crippen LogP contribution is -2.30. The van der Waals surface area contributed by atoms with Gasteiger partial charge in [0.15, 0.2) is 0 Å². The van der Waals surface area contributed by atoms with E-state index in [2.05, 4.69) is 86.9 Å². The summed E-state index contributed by atoms with van der Waals surface area (Å²) in [6, 6.07) is 0.519. The second kappa shape index (κ2) is 40.0. The smallest absolute Gasteiger partial charge is 0.0682 e. The van der Waals surface area contributed by atoms with Crippen LogP contribution in [0.3, 0.4) is 0 Å². The van der Waals surface area contributed by atoms with Gasteiger partial charge in [-0.1, -0.05) is 152 Å². The zero-order chi connectivity index (χ0) is 33.4. The quantitative estimate of drug-likeness (QED) is 0.0414. The van der Waals surface area contributed by atoms with Crippen molar-refractivity contribution in [2.75, 3.05) is 27.2 Å². The van der Waals surface area contributed by atoms with Crippen molar-refractivity contribution in [2.24, 2.45) is 0 Å². The van der Waals surface area contributed by atoms with Crippen LogP contribution in [0, 0.1) is 0 Å². The van der Waals surface area contributed by atoms with E-state index < -0.39 is 0 Å². The van der Waals surface area contributed by atoms with Gasteiger partial charge < -0.3 is 9.74 Å². The van der Waals surface area contributed by atoms with Gasteiger partial charge in [-0.25, -0.2) is 0 Å². The van der Waals surface area contributed by atoms with Gasteiger partial charge in [0.2, 0.25) is 0 Å². The van der Waals surface area contributed by atoms with Crippen molar-refractivity contribution in [3.8, 4) is 0 Å². The standard InChI is InChI=1S/C43H82N2O/c1-5-7-9-11-13-15-17-19-21-23-25-27-29-31-33-35-39-43(44-46-42-38-37-41-45(3)4)40-36-34-32-30-28-26-24-22-20-18-16-14-12-10-8-6-2/h13-16,19-22,43-44H,5-12,17-18,23-42H2,1-4H3/b15-13-,16-14-,21-19-,22-20-. The summed E-state index contributed by atoms with van der Waals surface area (Å²) in [6.45, 7) is 6.52. The molecule has 0 aliphatic carbocycles. The SMILES string of the molecule is CCCCC/C=C\C/C=C\CCCCCCCCC(CCCCCCCC/C=C\C/C=C\CCCCC)NOCCCCN(C)C. The molecule has 0 bridgehead atoms. The van der Waals surface area contributed by atoms with E-state index in [4.69, 9.17) is 4.84 Å². The highest BCUT2D eigenvalue weighted by molar-refractivity contribution is 4.93. The van der Waals surface area contributed by atoms with Crippen LogP contribution in [0.15, 0.2) is 48.6 Å². The van der Waals surface area contributed by atoms with Crippen molar-refractivity contribution in [1.82, 2.24) is 10.4 Å². The molecule has 0 aliphatic rings. The first kappa shape index (κ1) is 44.8. The third-order valence-electron chi connectivity index (χ3n) is 8.86. The van der Waals surface area contributed by atoms with Gasteiger partial charge in [0.1, 0.15) is 0 Å². The van der Waals surface area contributed by atoms with Gasteiger partial charge >= 0.3 is 0 Å².